The van der Waals surface area contributed by atoms with Crippen molar-refractivity contribution in [2.45, 2.75) is 38.8 Å². The molecule has 0 bridgehead atoms. The number of nitrogens with one attached hydrogen (secondary N) is 1. The molecule has 1 unspecified atom stereocenters. The second-order valence-electron chi connectivity index (χ2n) is 4.02. The molecule has 0 amide bonds. The number of rotatable bonds is 2. The van der Waals surface area contributed by atoms with Gasteiger partial charge >= 0.3 is 0 Å². The standard InChI is InChI=1S/C9H17NO/c1-6-9(5,11)7-10-8(2,3)4/h1,10-11H,7H2,2-5H3. The Morgan fingerprint density at radius 3 is 2.09 bits per heavy atom. The average Bonchev–Trinajstić information content (AvgIpc) is 1.83. The van der Waals surface area contributed by atoms with Gasteiger partial charge in [-0.05, 0) is 27.7 Å². The first kappa shape index (κ1) is 10.5. The molecule has 64 valence electrons. The first-order valence-corrected chi connectivity index (χ1v) is 3.72. The first-order chi connectivity index (χ1) is 4.77. The van der Waals surface area contributed by atoms with Gasteiger partial charge in [0.1, 0.15) is 5.60 Å². The topological polar surface area (TPSA) is 32.3 Å². The summed E-state index contributed by atoms with van der Waals surface area (Å²) in [7, 11) is 0. The maximum atomic E-state index is 9.39. The Morgan fingerprint density at radius 1 is 1.36 bits per heavy atom. The maximum absolute atomic E-state index is 9.39. The number of β-amino-alcohol motifs (C(OH)–C–C–N with tert-alkyl or cyclic N) is 1. The lowest BCUT2D eigenvalue weighted by Crippen LogP contribution is -2.45. The van der Waals surface area contributed by atoms with E-state index in [0.29, 0.717) is 6.54 Å². The second-order valence-corrected chi connectivity index (χ2v) is 4.02. The summed E-state index contributed by atoms with van der Waals surface area (Å²) in [5.74, 6) is 2.31. The highest BCUT2D eigenvalue weighted by atomic mass is 16.3. The van der Waals surface area contributed by atoms with Gasteiger partial charge < -0.3 is 10.4 Å². The van der Waals surface area contributed by atoms with E-state index in [0.717, 1.165) is 0 Å². The quantitative estimate of drug-likeness (QED) is 0.577. The summed E-state index contributed by atoms with van der Waals surface area (Å²) in [6, 6.07) is 0. The number of hydrogen-bond acceptors (Lipinski definition) is 2. The van der Waals surface area contributed by atoms with Crippen LogP contribution in [0.1, 0.15) is 27.7 Å². The highest BCUT2D eigenvalue weighted by Gasteiger charge is 2.19. The Bertz CT molecular complexity index is 159. The molecule has 0 aromatic carbocycles. The van der Waals surface area contributed by atoms with E-state index in [4.69, 9.17) is 6.42 Å². The molecule has 2 nitrogen and oxygen atoms in total. The van der Waals surface area contributed by atoms with Crippen LogP contribution in [0, 0.1) is 12.3 Å². The van der Waals surface area contributed by atoms with Crippen molar-refractivity contribution in [2.75, 3.05) is 6.54 Å². The molecule has 0 aliphatic heterocycles. The molecule has 0 aromatic heterocycles. The summed E-state index contributed by atoms with van der Waals surface area (Å²) in [5.41, 5.74) is -1.03. The van der Waals surface area contributed by atoms with Crippen molar-refractivity contribution in [3.63, 3.8) is 0 Å². The number of hydrogen-bond donors (Lipinski definition) is 2. The molecule has 0 aliphatic rings. The third-order valence-electron chi connectivity index (χ3n) is 1.27. The summed E-state index contributed by atoms with van der Waals surface area (Å²) in [5, 5.41) is 12.5. The van der Waals surface area contributed by atoms with Crippen LogP contribution in [0.3, 0.4) is 0 Å². The average molecular weight is 155 g/mol. The van der Waals surface area contributed by atoms with Gasteiger partial charge in [-0.1, -0.05) is 5.92 Å². The molecule has 0 heterocycles. The van der Waals surface area contributed by atoms with E-state index in [1.165, 1.54) is 0 Å². The van der Waals surface area contributed by atoms with E-state index >= 15 is 0 Å². The van der Waals surface area contributed by atoms with Crippen LogP contribution in [-0.4, -0.2) is 22.8 Å². The minimum Gasteiger partial charge on any atom is -0.377 e. The van der Waals surface area contributed by atoms with Gasteiger partial charge in [0.05, 0.1) is 0 Å². The molecule has 0 aromatic rings. The zero-order valence-corrected chi connectivity index (χ0v) is 7.73. The molecule has 0 saturated carbocycles. The largest absolute Gasteiger partial charge is 0.377 e. The third kappa shape index (κ3) is 5.90. The number of terminal acetylenes is 1. The molecule has 0 radical (unpaired) electrons. The Hall–Kier alpha value is -0.520. The van der Waals surface area contributed by atoms with Crippen LogP contribution in [-0.2, 0) is 0 Å². The molecular weight excluding hydrogens is 138 g/mol. The summed E-state index contributed by atoms with van der Waals surface area (Å²) < 4.78 is 0. The lowest BCUT2D eigenvalue weighted by Gasteiger charge is -2.25. The summed E-state index contributed by atoms with van der Waals surface area (Å²) in [6.45, 7) is 8.12. The fourth-order valence-electron chi connectivity index (χ4n) is 0.488. The van der Waals surface area contributed by atoms with Gasteiger partial charge in [0.15, 0.2) is 0 Å². The van der Waals surface area contributed by atoms with Gasteiger partial charge in [-0.25, -0.2) is 0 Å². The van der Waals surface area contributed by atoms with E-state index in [9.17, 15) is 5.11 Å². The van der Waals surface area contributed by atoms with Crippen LogP contribution in [0.15, 0.2) is 0 Å². The molecule has 11 heavy (non-hydrogen) atoms. The summed E-state index contributed by atoms with van der Waals surface area (Å²) in [4.78, 5) is 0. The Kier molecular flexibility index (Phi) is 3.10. The fraction of sp³-hybridized carbons (Fsp3) is 0.778. The zero-order valence-electron chi connectivity index (χ0n) is 7.73. The van der Waals surface area contributed by atoms with Crippen molar-refractivity contribution in [1.29, 1.82) is 0 Å². The Balaban J connectivity index is 3.83. The van der Waals surface area contributed by atoms with Gasteiger partial charge in [-0.3, -0.25) is 0 Å². The van der Waals surface area contributed by atoms with Crippen molar-refractivity contribution >= 4 is 0 Å². The van der Waals surface area contributed by atoms with E-state index in [2.05, 4.69) is 11.2 Å². The van der Waals surface area contributed by atoms with Gasteiger partial charge in [-0.2, -0.15) is 0 Å². The predicted molar refractivity (Wildman–Crippen MR) is 47.2 cm³/mol. The zero-order chi connectivity index (χ0) is 9.12. The van der Waals surface area contributed by atoms with E-state index in [1.54, 1.807) is 6.92 Å². The molecular formula is C9H17NO. The van der Waals surface area contributed by atoms with Crippen molar-refractivity contribution in [1.82, 2.24) is 5.32 Å². The monoisotopic (exact) mass is 155 g/mol. The van der Waals surface area contributed by atoms with Crippen molar-refractivity contribution < 1.29 is 5.11 Å². The predicted octanol–water partition coefficient (Wildman–Crippen LogP) is 0.759. The molecule has 0 saturated heterocycles. The van der Waals surface area contributed by atoms with Crippen LogP contribution in [0.25, 0.3) is 0 Å². The van der Waals surface area contributed by atoms with Gasteiger partial charge in [0.2, 0.25) is 0 Å². The highest BCUT2D eigenvalue weighted by Crippen LogP contribution is 2.03. The van der Waals surface area contributed by atoms with Crippen LogP contribution in [0.2, 0.25) is 0 Å². The summed E-state index contributed by atoms with van der Waals surface area (Å²) >= 11 is 0. The summed E-state index contributed by atoms with van der Waals surface area (Å²) in [6.07, 6.45) is 5.10. The van der Waals surface area contributed by atoms with Crippen LogP contribution >= 0.6 is 0 Å². The van der Waals surface area contributed by atoms with Crippen LogP contribution < -0.4 is 5.32 Å². The lowest BCUT2D eigenvalue weighted by molar-refractivity contribution is 0.112. The SMILES string of the molecule is C#CC(C)(O)CNC(C)(C)C. The molecule has 2 heteroatoms. The smallest absolute Gasteiger partial charge is 0.134 e. The van der Waals surface area contributed by atoms with E-state index in [-0.39, 0.29) is 5.54 Å². The highest BCUT2D eigenvalue weighted by molar-refractivity contribution is 5.06. The van der Waals surface area contributed by atoms with Crippen molar-refractivity contribution in [3.05, 3.63) is 0 Å². The van der Waals surface area contributed by atoms with Crippen molar-refractivity contribution in [3.8, 4) is 12.3 Å². The maximum Gasteiger partial charge on any atom is 0.134 e. The van der Waals surface area contributed by atoms with Crippen LogP contribution in [0.5, 0.6) is 0 Å². The van der Waals surface area contributed by atoms with Gasteiger partial charge in [0.25, 0.3) is 0 Å². The molecule has 2 N–H and O–H groups in total. The second kappa shape index (κ2) is 3.25. The fourth-order valence-corrected chi connectivity index (χ4v) is 0.488. The first-order valence-electron chi connectivity index (χ1n) is 3.72. The van der Waals surface area contributed by atoms with Gasteiger partial charge in [0, 0.05) is 12.1 Å². The molecule has 0 rings (SSSR count). The van der Waals surface area contributed by atoms with Crippen LogP contribution in [0.4, 0.5) is 0 Å². The third-order valence-corrected chi connectivity index (χ3v) is 1.27. The molecule has 0 spiro atoms. The van der Waals surface area contributed by atoms with Crippen molar-refractivity contribution in [2.24, 2.45) is 0 Å². The minimum atomic E-state index is -1.03. The van der Waals surface area contributed by atoms with E-state index < -0.39 is 5.60 Å². The van der Waals surface area contributed by atoms with Gasteiger partial charge in [-0.15, -0.1) is 6.42 Å². The number of aliphatic hydroxyl groups is 1. The molecule has 0 fully saturated rings. The lowest BCUT2D eigenvalue weighted by atomic mass is 10.0. The molecule has 1 atom stereocenters. The minimum absolute atomic E-state index is 0.000833. The Labute approximate surface area is 69.0 Å². The van der Waals surface area contributed by atoms with E-state index in [1.807, 2.05) is 20.8 Å². The normalized spacial score (nSPS) is 17.1. The molecule has 0 aliphatic carbocycles. The Morgan fingerprint density at radius 2 is 1.82 bits per heavy atom.